The van der Waals surface area contributed by atoms with Crippen LogP contribution in [0.25, 0.3) is 0 Å². The number of hydrogen-bond acceptors (Lipinski definition) is 5. The Kier molecular flexibility index (Phi) is 5.26. The Morgan fingerprint density at radius 1 is 1.43 bits per heavy atom. The first-order chi connectivity index (χ1) is 10.7. The molecule has 0 aromatic carbocycles. The SMILES string of the molecule is CC1CC(C(=O)O)CN(c2ncccc2S(=O)(=O)NC(C)C)C1. The third-order valence-electron chi connectivity index (χ3n) is 3.74. The third kappa shape index (κ3) is 4.20. The minimum Gasteiger partial charge on any atom is -0.481 e. The Labute approximate surface area is 136 Å². The summed E-state index contributed by atoms with van der Waals surface area (Å²) >= 11 is 0. The summed E-state index contributed by atoms with van der Waals surface area (Å²) in [6.07, 6.45) is 2.11. The van der Waals surface area contributed by atoms with Gasteiger partial charge in [-0.05, 0) is 38.3 Å². The van der Waals surface area contributed by atoms with Gasteiger partial charge in [0, 0.05) is 25.3 Å². The molecule has 128 valence electrons. The van der Waals surface area contributed by atoms with Crippen LogP contribution in [0.1, 0.15) is 27.2 Å². The molecule has 1 fully saturated rings. The Balaban J connectivity index is 2.38. The lowest BCUT2D eigenvalue weighted by Gasteiger charge is -2.36. The second kappa shape index (κ2) is 6.84. The summed E-state index contributed by atoms with van der Waals surface area (Å²) < 4.78 is 27.6. The van der Waals surface area contributed by atoms with Gasteiger partial charge in [0.05, 0.1) is 5.92 Å². The minimum atomic E-state index is -3.70. The summed E-state index contributed by atoms with van der Waals surface area (Å²) in [6, 6.07) is 2.84. The van der Waals surface area contributed by atoms with Crippen LogP contribution < -0.4 is 9.62 Å². The van der Waals surface area contributed by atoms with Crippen LogP contribution in [0.5, 0.6) is 0 Å². The van der Waals surface area contributed by atoms with Crippen molar-refractivity contribution in [3.63, 3.8) is 0 Å². The number of piperidine rings is 1. The first-order valence-electron chi connectivity index (χ1n) is 7.65. The van der Waals surface area contributed by atoms with Crippen molar-refractivity contribution in [2.24, 2.45) is 11.8 Å². The molecule has 8 heteroatoms. The number of hydrogen-bond donors (Lipinski definition) is 2. The molecule has 0 amide bonds. The second-order valence-corrected chi connectivity index (χ2v) is 8.06. The molecule has 1 aromatic heterocycles. The summed E-state index contributed by atoms with van der Waals surface area (Å²) in [6.45, 7) is 6.31. The molecule has 0 spiro atoms. The van der Waals surface area contributed by atoms with Gasteiger partial charge in [0.1, 0.15) is 10.7 Å². The number of carbonyl (C=O) groups is 1. The minimum absolute atomic E-state index is 0.0898. The molecule has 1 saturated heterocycles. The molecule has 0 saturated carbocycles. The lowest BCUT2D eigenvalue weighted by atomic mass is 9.90. The van der Waals surface area contributed by atoms with E-state index in [9.17, 15) is 18.3 Å². The lowest BCUT2D eigenvalue weighted by molar-refractivity contribution is -0.142. The van der Waals surface area contributed by atoms with Crippen molar-refractivity contribution in [2.75, 3.05) is 18.0 Å². The number of sulfonamides is 1. The number of aromatic nitrogens is 1. The van der Waals surface area contributed by atoms with Gasteiger partial charge in [-0.2, -0.15) is 0 Å². The lowest BCUT2D eigenvalue weighted by Crippen LogP contribution is -2.44. The topological polar surface area (TPSA) is 99.6 Å². The number of carboxylic acid groups (broad SMARTS) is 1. The van der Waals surface area contributed by atoms with Gasteiger partial charge >= 0.3 is 5.97 Å². The molecule has 2 rings (SSSR count). The maximum absolute atomic E-state index is 12.5. The van der Waals surface area contributed by atoms with Gasteiger partial charge in [-0.1, -0.05) is 6.92 Å². The van der Waals surface area contributed by atoms with Gasteiger partial charge in [-0.3, -0.25) is 4.79 Å². The van der Waals surface area contributed by atoms with Crippen LogP contribution in [0.15, 0.2) is 23.2 Å². The van der Waals surface area contributed by atoms with Crippen molar-refractivity contribution < 1.29 is 18.3 Å². The zero-order valence-electron chi connectivity index (χ0n) is 13.6. The summed E-state index contributed by atoms with van der Waals surface area (Å²) in [5, 5.41) is 9.29. The Morgan fingerprint density at radius 3 is 2.74 bits per heavy atom. The van der Waals surface area contributed by atoms with Gasteiger partial charge in [-0.25, -0.2) is 18.1 Å². The largest absolute Gasteiger partial charge is 0.481 e. The van der Waals surface area contributed by atoms with E-state index in [-0.39, 0.29) is 23.4 Å². The molecule has 2 atom stereocenters. The van der Waals surface area contributed by atoms with E-state index >= 15 is 0 Å². The Hall–Kier alpha value is -1.67. The fourth-order valence-electron chi connectivity index (χ4n) is 2.91. The third-order valence-corrected chi connectivity index (χ3v) is 5.42. The molecule has 1 aromatic rings. The van der Waals surface area contributed by atoms with Crippen LogP contribution in [0.4, 0.5) is 5.82 Å². The predicted molar refractivity (Wildman–Crippen MR) is 86.8 cm³/mol. The van der Waals surface area contributed by atoms with Crippen molar-refractivity contribution in [3.8, 4) is 0 Å². The highest BCUT2D eigenvalue weighted by atomic mass is 32.2. The molecule has 0 radical (unpaired) electrons. The summed E-state index contributed by atoms with van der Waals surface area (Å²) in [5.74, 6) is -0.907. The van der Waals surface area contributed by atoms with Gasteiger partial charge in [-0.15, -0.1) is 0 Å². The summed E-state index contributed by atoms with van der Waals surface area (Å²) in [4.78, 5) is 17.4. The smallest absolute Gasteiger partial charge is 0.308 e. The average Bonchev–Trinajstić information content (AvgIpc) is 2.45. The molecule has 2 N–H and O–H groups in total. The second-order valence-electron chi connectivity index (χ2n) is 6.38. The molecule has 1 aliphatic heterocycles. The van der Waals surface area contributed by atoms with Gasteiger partial charge in [0.2, 0.25) is 10.0 Å². The molecule has 23 heavy (non-hydrogen) atoms. The number of pyridine rings is 1. The van der Waals surface area contributed by atoms with Crippen LogP contribution in [0.3, 0.4) is 0 Å². The highest BCUT2D eigenvalue weighted by Crippen LogP contribution is 2.29. The van der Waals surface area contributed by atoms with Crippen LogP contribution in [-0.2, 0) is 14.8 Å². The molecular formula is C15H23N3O4S. The molecule has 2 heterocycles. The quantitative estimate of drug-likeness (QED) is 0.838. The molecule has 0 aliphatic carbocycles. The van der Waals surface area contributed by atoms with E-state index in [4.69, 9.17) is 0 Å². The summed E-state index contributed by atoms with van der Waals surface area (Å²) in [5.41, 5.74) is 0. The average molecular weight is 341 g/mol. The Bertz CT molecular complexity index is 675. The van der Waals surface area contributed by atoms with Gasteiger partial charge in [0.15, 0.2) is 0 Å². The number of carboxylic acids is 1. The van der Waals surface area contributed by atoms with Crippen LogP contribution >= 0.6 is 0 Å². The van der Waals surface area contributed by atoms with Crippen molar-refractivity contribution in [1.82, 2.24) is 9.71 Å². The van der Waals surface area contributed by atoms with E-state index in [0.29, 0.717) is 18.8 Å². The fourth-order valence-corrected chi connectivity index (χ4v) is 4.33. The normalized spacial score (nSPS) is 22.3. The Morgan fingerprint density at radius 2 is 2.13 bits per heavy atom. The van der Waals surface area contributed by atoms with E-state index in [1.807, 2.05) is 6.92 Å². The highest BCUT2D eigenvalue weighted by Gasteiger charge is 2.33. The standard InChI is InChI=1S/C15H23N3O4S/c1-10(2)17-23(21,22)13-5-4-6-16-14(13)18-8-11(3)7-12(9-18)15(19)20/h4-6,10-12,17H,7-9H2,1-3H3,(H,19,20). The van der Waals surface area contributed by atoms with Crippen LogP contribution in [0.2, 0.25) is 0 Å². The number of anilines is 1. The predicted octanol–water partition coefficient (Wildman–Crippen LogP) is 1.32. The molecule has 2 unspecified atom stereocenters. The molecular weight excluding hydrogens is 318 g/mol. The molecule has 7 nitrogen and oxygen atoms in total. The van der Waals surface area contributed by atoms with Crippen molar-refractivity contribution >= 4 is 21.8 Å². The monoisotopic (exact) mass is 341 g/mol. The van der Waals surface area contributed by atoms with Crippen molar-refractivity contribution in [3.05, 3.63) is 18.3 Å². The van der Waals surface area contributed by atoms with E-state index in [2.05, 4.69) is 9.71 Å². The van der Waals surface area contributed by atoms with Crippen LogP contribution in [0, 0.1) is 11.8 Å². The van der Waals surface area contributed by atoms with Crippen molar-refractivity contribution in [1.29, 1.82) is 0 Å². The summed E-state index contributed by atoms with van der Waals surface area (Å²) in [7, 11) is -3.70. The maximum Gasteiger partial charge on any atom is 0.308 e. The van der Waals surface area contributed by atoms with E-state index in [0.717, 1.165) is 0 Å². The van der Waals surface area contributed by atoms with E-state index in [1.54, 1.807) is 24.8 Å². The van der Waals surface area contributed by atoms with Crippen molar-refractivity contribution in [2.45, 2.75) is 38.1 Å². The maximum atomic E-state index is 12.5. The first-order valence-corrected chi connectivity index (χ1v) is 9.14. The number of rotatable bonds is 5. The van der Waals surface area contributed by atoms with Gasteiger partial charge < -0.3 is 10.0 Å². The molecule has 0 bridgehead atoms. The first kappa shape index (κ1) is 17.7. The fraction of sp³-hybridized carbons (Fsp3) is 0.600. The zero-order valence-corrected chi connectivity index (χ0v) is 14.4. The van der Waals surface area contributed by atoms with Crippen LogP contribution in [-0.4, -0.2) is 43.6 Å². The number of nitrogens with one attached hydrogen (secondary N) is 1. The highest BCUT2D eigenvalue weighted by molar-refractivity contribution is 7.89. The van der Waals surface area contributed by atoms with E-state index < -0.39 is 21.9 Å². The molecule has 1 aliphatic rings. The number of nitrogens with zero attached hydrogens (tertiary/aromatic N) is 2. The zero-order chi connectivity index (χ0) is 17.2. The van der Waals surface area contributed by atoms with Gasteiger partial charge in [0.25, 0.3) is 0 Å². The number of aliphatic carboxylic acids is 1. The van der Waals surface area contributed by atoms with E-state index in [1.165, 1.54) is 12.3 Å².